The van der Waals surface area contributed by atoms with Crippen LogP contribution in [0.5, 0.6) is 0 Å². The molecule has 2 atom stereocenters. The van der Waals surface area contributed by atoms with E-state index in [2.05, 4.69) is 17.6 Å². The van der Waals surface area contributed by atoms with E-state index in [1.54, 1.807) is 0 Å². The van der Waals surface area contributed by atoms with Crippen LogP contribution in [0.15, 0.2) is 0 Å². The summed E-state index contributed by atoms with van der Waals surface area (Å²) < 4.78 is 5.58. The molecular weight excluding hydrogens is 212 g/mol. The molecule has 2 saturated carbocycles. The van der Waals surface area contributed by atoms with Crippen LogP contribution in [0.25, 0.3) is 0 Å². The summed E-state index contributed by atoms with van der Waals surface area (Å²) in [6.45, 7) is 7.44. The van der Waals surface area contributed by atoms with Gasteiger partial charge in [0.2, 0.25) is 0 Å². The van der Waals surface area contributed by atoms with Crippen molar-refractivity contribution in [2.75, 3.05) is 32.8 Å². The van der Waals surface area contributed by atoms with E-state index in [1.165, 1.54) is 32.2 Å². The van der Waals surface area contributed by atoms with Gasteiger partial charge in [-0.15, -0.1) is 0 Å². The quantitative estimate of drug-likeness (QED) is 0.703. The third kappa shape index (κ3) is 2.67. The molecular formula is C14H26N2O. The molecule has 1 saturated heterocycles. The van der Waals surface area contributed by atoms with Crippen molar-refractivity contribution in [3.05, 3.63) is 0 Å². The predicted octanol–water partition coefficient (Wildman–Crippen LogP) is 1.39. The fraction of sp³-hybridized carbons (Fsp3) is 1.00. The smallest absolute Gasteiger partial charge is 0.0623 e. The summed E-state index contributed by atoms with van der Waals surface area (Å²) >= 11 is 0. The molecule has 3 nitrogen and oxygen atoms in total. The minimum absolute atomic E-state index is 0.573. The molecule has 2 aliphatic carbocycles. The third-order valence-corrected chi connectivity index (χ3v) is 4.88. The van der Waals surface area contributed by atoms with Crippen molar-refractivity contribution in [1.29, 1.82) is 0 Å². The van der Waals surface area contributed by atoms with Crippen LogP contribution in [0.4, 0.5) is 0 Å². The van der Waals surface area contributed by atoms with Crippen LogP contribution < -0.4 is 10.6 Å². The Bertz CT molecular complexity index is 261. The Labute approximate surface area is 105 Å². The zero-order chi connectivity index (χ0) is 11.7. The first-order valence-electron chi connectivity index (χ1n) is 7.36. The van der Waals surface area contributed by atoms with Gasteiger partial charge >= 0.3 is 0 Å². The van der Waals surface area contributed by atoms with Crippen LogP contribution in [-0.2, 0) is 4.74 Å². The van der Waals surface area contributed by atoms with Crippen LogP contribution >= 0.6 is 0 Å². The summed E-state index contributed by atoms with van der Waals surface area (Å²) in [4.78, 5) is 0. The third-order valence-electron chi connectivity index (χ3n) is 4.88. The van der Waals surface area contributed by atoms with Crippen LogP contribution in [0.2, 0.25) is 0 Å². The van der Waals surface area contributed by atoms with E-state index in [0.717, 1.165) is 37.6 Å². The second kappa shape index (κ2) is 4.87. The topological polar surface area (TPSA) is 33.3 Å². The molecule has 17 heavy (non-hydrogen) atoms. The Morgan fingerprint density at radius 1 is 1.24 bits per heavy atom. The molecule has 2 N–H and O–H groups in total. The van der Waals surface area contributed by atoms with Gasteiger partial charge in [-0.3, -0.25) is 0 Å². The lowest BCUT2D eigenvalue weighted by Gasteiger charge is -2.21. The standard InChI is InChI=1S/C14H26N2O/c1-2-16-13-9-17-8-11(13)7-15-10-14(5-6-14)12-3-4-12/h11-13,15-16H,2-10H2,1H3. The molecule has 0 aromatic heterocycles. The van der Waals surface area contributed by atoms with E-state index in [4.69, 9.17) is 4.74 Å². The summed E-state index contributed by atoms with van der Waals surface area (Å²) in [5, 5.41) is 7.25. The van der Waals surface area contributed by atoms with Gasteiger partial charge in [0.25, 0.3) is 0 Å². The molecule has 0 radical (unpaired) electrons. The fourth-order valence-corrected chi connectivity index (χ4v) is 3.38. The minimum atomic E-state index is 0.573. The van der Waals surface area contributed by atoms with E-state index >= 15 is 0 Å². The molecule has 0 aromatic rings. The van der Waals surface area contributed by atoms with E-state index < -0.39 is 0 Å². The number of hydrogen-bond acceptors (Lipinski definition) is 3. The lowest BCUT2D eigenvalue weighted by atomic mass is 9.99. The Morgan fingerprint density at radius 3 is 2.71 bits per heavy atom. The van der Waals surface area contributed by atoms with Gasteiger partial charge in [-0.25, -0.2) is 0 Å². The Morgan fingerprint density at radius 2 is 2.06 bits per heavy atom. The molecule has 0 bridgehead atoms. The first kappa shape index (κ1) is 11.9. The average Bonchev–Trinajstić information content (AvgIpc) is 3.21. The normalized spacial score (nSPS) is 35.1. The van der Waals surface area contributed by atoms with Crippen molar-refractivity contribution < 1.29 is 4.74 Å². The summed E-state index contributed by atoms with van der Waals surface area (Å²) in [6, 6.07) is 0.573. The van der Waals surface area contributed by atoms with Crippen LogP contribution in [0.3, 0.4) is 0 Å². The lowest BCUT2D eigenvalue weighted by molar-refractivity contribution is 0.182. The second-order valence-electron chi connectivity index (χ2n) is 6.23. The number of hydrogen-bond donors (Lipinski definition) is 2. The summed E-state index contributed by atoms with van der Waals surface area (Å²) in [6.07, 6.45) is 5.94. The van der Waals surface area contributed by atoms with Gasteiger partial charge in [0.15, 0.2) is 0 Å². The SMILES string of the molecule is CCNC1COCC1CNCC1(C2CC2)CC1. The van der Waals surface area contributed by atoms with Crippen molar-refractivity contribution in [3.8, 4) is 0 Å². The number of nitrogens with one attached hydrogen (secondary N) is 2. The van der Waals surface area contributed by atoms with Crippen molar-refractivity contribution in [1.82, 2.24) is 10.6 Å². The highest BCUT2D eigenvalue weighted by atomic mass is 16.5. The molecule has 3 fully saturated rings. The largest absolute Gasteiger partial charge is 0.379 e. The van der Waals surface area contributed by atoms with Crippen molar-refractivity contribution in [3.63, 3.8) is 0 Å². The molecule has 3 rings (SSSR count). The highest BCUT2D eigenvalue weighted by Gasteiger charge is 2.53. The Balaban J connectivity index is 1.38. The monoisotopic (exact) mass is 238 g/mol. The van der Waals surface area contributed by atoms with Gasteiger partial charge in [0.05, 0.1) is 13.2 Å². The fourth-order valence-electron chi connectivity index (χ4n) is 3.38. The predicted molar refractivity (Wildman–Crippen MR) is 69.0 cm³/mol. The van der Waals surface area contributed by atoms with Gasteiger partial charge in [0.1, 0.15) is 0 Å². The molecule has 98 valence electrons. The van der Waals surface area contributed by atoms with Crippen molar-refractivity contribution in [2.24, 2.45) is 17.3 Å². The van der Waals surface area contributed by atoms with Gasteiger partial charge in [-0.2, -0.15) is 0 Å². The maximum Gasteiger partial charge on any atom is 0.0623 e. The summed E-state index contributed by atoms with van der Waals surface area (Å²) in [5.74, 6) is 1.74. The highest BCUT2D eigenvalue weighted by molar-refractivity contribution is 5.05. The molecule has 1 heterocycles. The molecule has 0 amide bonds. The summed E-state index contributed by atoms with van der Waals surface area (Å²) in [7, 11) is 0. The first-order valence-corrected chi connectivity index (χ1v) is 7.36. The zero-order valence-electron chi connectivity index (χ0n) is 11.0. The molecule has 3 heteroatoms. The maximum atomic E-state index is 5.58. The van der Waals surface area contributed by atoms with Crippen LogP contribution in [0, 0.1) is 17.3 Å². The van der Waals surface area contributed by atoms with Crippen molar-refractivity contribution in [2.45, 2.75) is 38.6 Å². The average molecular weight is 238 g/mol. The van der Waals surface area contributed by atoms with Crippen molar-refractivity contribution >= 4 is 0 Å². The first-order chi connectivity index (χ1) is 8.34. The van der Waals surface area contributed by atoms with Gasteiger partial charge in [-0.05, 0) is 43.6 Å². The van der Waals surface area contributed by atoms with Crippen LogP contribution in [-0.4, -0.2) is 38.9 Å². The maximum absolute atomic E-state index is 5.58. The Hall–Kier alpha value is -0.120. The second-order valence-corrected chi connectivity index (χ2v) is 6.23. The molecule has 3 aliphatic rings. The Kier molecular flexibility index (Phi) is 3.42. The van der Waals surface area contributed by atoms with Gasteiger partial charge in [0, 0.05) is 25.0 Å². The number of rotatable bonds is 7. The molecule has 2 unspecified atom stereocenters. The van der Waals surface area contributed by atoms with E-state index in [9.17, 15) is 0 Å². The lowest BCUT2D eigenvalue weighted by Crippen LogP contribution is -2.41. The van der Waals surface area contributed by atoms with E-state index in [-0.39, 0.29) is 0 Å². The molecule has 0 aromatic carbocycles. The highest BCUT2D eigenvalue weighted by Crippen LogP contribution is 2.60. The number of ether oxygens (including phenoxy) is 1. The van der Waals surface area contributed by atoms with E-state index in [1.807, 2.05) is 0 Å². The summed E-state index contributed by atoms with van der Waals surface area (Å²) in [5.41, 5.74) is 0.729. The molecule has 1 aliphatic heterocycles. The van der Waals surface area contributed by atoms with Crippen LogP contribution in [0.1, 0.15) is 32.6 Å². The van der Waals surface area contributed by atoms with Gasteiger partial charge in [-0.1, -0.05) is 6.92 Å². The van der Waals surface area contributed by atoms with Gasteiger partial charge < -0.3 is 15.4 Å². The minimum Gasteiger partial charge on any atom is -0.379 e. The number of likely N-dealkylation sites (N-methyl/N-ethyl adjacent to an activating group) is 1. The molecule has 0 spiro atoms. The van der Waals surface area contributed by atoms with E-state index in [0.29, 0.717) is 12.0 Å². The zero-order valence-corrected chi connectivity index (χ0v) is 11.0.